The number of aromatic nitrogens is 2. The Kier molecular flexibility index (Phi) is 3.58. The molecule has 2 aromatic rings. The molecule has 84 valence electrons. The van der Waals surface area contributed by atoms with Gasteiger partial charge in [0, 0.05) is 4.47 Å². The molecule has 1 heterocycles. The monoisotopic (exact) mass is 282 g/mol. The van der Waals surface area contributed by atoms with Crippen LogP contribution in [0.3, 0.4) is 0 Å². The maximum Gasteiger partial charge on any atom is 0.157 e. The summed E-state index contributed by atoms with van der Waals surface area (Å²) >= 11 is 3.45. The van der Waals surface area contributed by atoms with E-state index in [0.29, 0.717) is 5.75 Å². The van der Waals surface area contributed by atoms with Crippen molar-refractivity contribution in [2.75, 3.05) is 13.2 Å². The molecule has 0 bridgehead atoms. The lowest BCUT2D eigenvalue weighted by atomic mass is 10.3. The Balaban J connectivity index is 2.22. The molecule has 5 heteroatoms. The number of benzene rings is 1. The molecule has 0 saturated carbocycles. The van der Waals surface area contributed by atoms with Crippen molar-refractivity contribution in [1.29, 1.82) is 0 Å². The van der Waals surface area contributed by atoms with Gasteiger partial charge in [-0.25, -0.2) is 4.68 Å². The van der Waals surface area contributed by atoms with Crippen molar-refractivity contribution in [3.05, 3.63) is 41.1 Å². The second kappa shape index (κ2) is 5.14. The molecule has 0 radical (unpaired) electrons. The van der Waals surface area contributed by atoms with Crippen LogP contribution >= 0.6 is 15.9 Å². The summed E-state index contributed by atoms with van der Waals surface area (Å²) in [6.45, 7) is 0.280. The average molecular weight is 283 g/mol. The molecule has 1 aromatic heterocycles. The fraction of sp³-hybridized carbons (Fsp3) is 0.182. The molecule has 0 aliphatic carbocycles. The molecule has 0 spiro atoms. The van der Waals surface area contributed by atoms with Gasteiger partial charge in [0.1, 0.15) is 6.61 Å². The predicted octanol–water partition coefficient (Wildman–Crippen LogP) is 2.01. The molecule has 0 unspecified atom stereocenters. The lowest BCUT2D eigenvalue weighted by Crippen LogP contribution is -2.00. The van der Waals surface area contributed by atoms with Crippen LogP contribution in [0.5, 0.6) is 5.75 Å². The minimum Gasteiger partial charge on any atom is -0.488 e. The van der Waals surface area contributed by atoms with Gasteiger partial charge in [-0.15, -0.1) is 0 Å². The highest BCUT2D eigenvalue weighted by Gasteiger charge is 2.04. The first kappa shape index (κ1) is 11.2. The Morgan fingerprint density at radius 2 is 2.19 bits per heavy atom. The molecule has 0 aliphatic rings. The second-order valence-electron chi connectivity index (χ2n) is 3.14. The molecule has 0 saturated heterocycles. The van der Waals surface area contributed by atoms with Crippen LogP contribution in [-0.2, 0) is 0 Å². The van der Waals surface area contributed by atoms with Crippen molar-refractivity contribution in [3.8, 4) is 11.4 Å². The van der Waals surface area contributed by atoms with Gasteiger partial charge in [-0.05, 0) is 28.1 Å². The highest BCUT2D eigenvalue weighted by molar-refractivity contribution is 9.10. The number of hydrogen-bond acceptors (Lipinski definition) is 3. The quantitative estimate of drug-likeness (QED) is 0.933. The second-order valence-corrected chi connectivity index (χ2v) is 4.00. The van der Waals surface area contributed by atoms with Gasteiger partial charge in [0.25, 0.3) is 0 Å². The number of aliphatic hydroxyl groups excluding tert-OH is 1. The van der Waals surface area contributed by atoms with Crippen LogP contribution in [0.1, 0.15) is 0 Å². The average Bonchev–Trinajstić information content (AvgIpc) is 2.75. The highest BCUT2D eigenvalue weighted by Crippen LogP contribution is 2.21. The topological polar surface area (TPSA) is 47.3 Å². The minimum atomic E-state index is 0.000210. The molecular formula is C11H11BrN2O2. The third-order valence-corrected chi connectivity index (χ3v) is 2.69. The minimum absolute atomic E-state index is 0.000210. The first-order chi connectivity index (χ1) is 7.81. The normalized spacial score (nSPS) is 10.4. The molecule has 0 atom stereocenters. The van der Waals surface area contributed by atoms with Gasteiger partial charge in [-0.1, -0.05) is 12.1 Å². The summed E-state index contributed by atoms with van der Waals surface area (Å²) in [6, 6.07) is 7.79. The van der Waals surface area contributed by atoms with E-state index in [1.165, 1.54) is 0 Å². The van der Waals surface area contributed by atoms with Gasteiger partial charge in [-0.3, -0.25) is 0 Å². The van der Waals surface area contributed by atoms with E-state index in [-0.39, 0.29) is 13.2 Å². The lowest BCUT2D eigenvalue weighted by Gasteiger charge is -2.03. The standard InChI is InChI=1S/C11H11BrN2O2/c12-10-3-1-2-4-11(10)14-8-9(7-13-14)16-6-5-15/h1-4,7-8,15H,5-6H2. The van der Waals surface area contributed by atoms with Crippen LogP contribution < -0.4 is 4.74 Å². The highest BCUT2D eigenvalue weighted by atomic mass is 79.9. The van der Waals surface area contributed by atoms with Crippen molar-refractivity contribution in [1.82, 2.24) is 9.78 Å². The maximum atomic E-state index is 8.64. The van der Waals surface area contributed by atoms with Crippen LogP contribution in [0.25, 0.3) is 5.69 Å². The number of aliphatic hydroxyl groups is 1. The summed E-state index contributed by atoms with van der Waals surface area (Å²) in [5.74, 6) is 0.643. The predicted molar refractivity (Wildman–Crippen MR) is 63.8 cm³/mol. The van der Waals surface area contributed by atoms with Crippen LogP contribution in [0.2, 0.25) is 0 Å². The number of rotatable bonds is 4. The van der Waals surface area contributed by atoms with E-state index in [1.807, 2.05) is 24.3 Å². The van der Waals surface area contributed by atoms with Crippen LogP contribution in [-0.4, -0.2) is 28.1 Å². The SMILES string of the molecule is OCCOc1cnn(-c2ccccc2Br)c1. The van der Waals surface area contributed by atoms with E-state index >= 15 is 0 Å². The van der Waals surface area contributed by atoms with E-state index < -0.39 is 0 Å². The first-order valence-electron chi connectivity index (χ1n) is 4.84. The molecule has 0 fully saturated rings. The number of para-hydroxylation sites is 1. The van der Waals surface area contributed by atoms with Crippen molar-refractivity contribution >= 4 is 15.9 Å². The zero-order valence-corrected chi connectivity index (χ0v) is 10.1. The summed E-state index contributed by atoms with van der Waals surface area (Å²) in [5, 5.41) is 12.8. The molecular weight excluding hydrogens is 272 g/mol. The molecule has 2 rings (SSSR count). The third kappa shape index (κ3) is 2.43. The fourth-order valence-electron chi connectivity index (χ4n) is 1.31. The lowest BCUT2D eigenvalue weighted by molar-refractivity contribution is 0.201. The van der Waals surface area contributed by atoms with Gasteiger partial charge < -0.3 is 9.84 Å². The molecule has 1 N–H and O–H groups in total. The van der Waals surface area contributed by atoms with Gasteiger partial charge in [0.2, 0.25) is 0 Å². The van der Waals surface area contributed by atoms with Gasteiger partial charge in [0.05, 0.1) is 24.7 Å². The van der Waals surface area contributed by atoms with Crippen LogP contribution in [0, 0.1) is 0 Å². The smallest absolute Gasteiger partial charge is 0.157 e. The Labute approximate surface area is 102 Å². The Hall–Kier alpha value is -1.33. The van der Waals surface area contributed by atoms with Crippen molar-refractivity contribution < 1.29 is 9.84 Å². The van der Waals surface area contributed by atoms with E-state index in [9.17, 15) is 0 Å². The Morgan fingerprint density at radius 3 is 2.94 bits per heavy atom. The molecule has 0 amide bonds. The van der Waals surface area contributed by atoms with Crippen LogP contribution in [0.4, 0.5) is 0 Å². The molecule has 4 nitrogen and oxygen atoms in total. The van der Waals surface area contributed by atoms with E-state index in [0.717, 1.165) is 10.2 Å². The summed E-state index contributed by atoms with van der Waals surface area (Å²) in [6.07, 6.45) is 3.39. The van der Waals surface area contributed by atoms with E-state index in [4.69, 9.17) is 9.84 Å². The zero-order valence-electron chi connectivity index (χ0n) is 8.51. The fourth-order valence-corrected chi connectivity index (χ4v) is 1.78. The zero-order chi connectivity index (χ0) is 11.4. The van der Waals surface area contributed by atoms with Crippen LogP contribution in [0.15, 0.2) is 41.1 Å². The number of hydrogen-bond donors (Lipinski definition) is 1. The number of halogens is 1. The summed E-state index contributed by atoms with van der Waals surface area (Å²) in [7, 11) is 0. The van der Waals surface area contributed by atoms with Crippen molar-refractivity contribution in [2.24, 2.45) is 0 Å². The Bertz CT molecular complexity index is 471. The largest absolute Gasteiger partial charge is 0.488 e. The third-order valence-electron chi connectivity index (χ3n) is 2.02. The molecule has 16 heavy (non-hydrogen) atoms. The number of ether oxygens (including phenoxy) is 1. The van der Waals surface area contributed by atoms with E-state index in [1.54, 1.807) is 17.1 Å². The maximum absolute atomic E-state index is 8.64. The van der Waals surface area contributed by atoms with Gasteiger partial charge in [-0.2, -0.15) is 5.10 Å². The first-order valence-corrected chi connectivity index (χ1v) is 5.64. The Morgan fingerprint density at radius 1 is 1.38 bits per heavy atom. The van der Waals surface area contributed by atoms with E-state index in [2.05, 4.69) is 21.0 Å². The van der Waals surface area contributed by atoms with Crippen molar-refractivity contribution in [2.45, 2.75) is 0 Å². The number of nitrogens with zero attached hydrogens (tertiary/aromatic N) is 2. The molecule has 0 aliphatic heterocycles. The summed E-state index contributed by atoms with van der Waals surface area (Å²) < 4.78 is 7.93. The van der Waals surface area contributed by atoms with Gasteiger partial charge in [0.15, 0.2) is 5.75 Å². The van der Waals surface area contributed by atoms with Gasteiger partial charge >= 0.3 is 0 Å². The molecule has 1 aromatic carbocycles. The van der Waals surface area contributed by atoms with Crippen molar-refractivity contribution in [3.63, 3.8) is 0 Å². The summed E-state index contributed by atoms with van der Waals surface area (Å²) in [5.41, 5.74) is 0.946. The summed E-state index contributed by atoms with van der Waals surface area (Å²) in [4.78, 5) is 0.